The van der Waals surface area contributed by atoms with Crippen LogP contribution in [0.15, 0.2) is 74.2 Å². The second-order valence-corrected chi connectivity index (χ2v) is 8.48. The number of ether oxygens (including phenoxy) is 3. The number of carbonyl (C=O) groups is 2. The van der Waals surface area contributed by atoms with Crippen LogP contribution >= 0.6 is 0 Å². The number of nitrogens with one attached hydrogen (secondary N) is 1. The van der Waals surface area contributed by atoms with Gasteiger partial charge < -0.3 is 29.7 Å². The highest BCUT2D eigenvalue weighted by molar-refractivity contribution is 6.02. The fraction of sp³-hybridized carbons (Fsp3) is 0.276. The highest BCUT2D eigenvalue weighted by atomic mass is 16.5. The number of esters is 2. The van der Waals surface area contributed by atoms with E-state index in [4.69, 9.17) is 30.8 Å². The molecule has 0 radical (unpaired) electrons. The number of benzene rings is 2. The van der Waals surface area contributed by atoms with Gasteiger partial charge in [-0.05, 0) is 32.0 Å². The Bertz CT molecular complexity index is 1560. The van der Waals surface area contributed by atoms with Crippen LogP contribution < -0.4 is 16.5 Å². The molecule has 1 atom stereocenters. The summed E-state index contributed by atoms with van der Waals surface area (Å²) >= 11 is 0. The second-order valence-electron chi connectivity index (χ2n) is 8.48. The molecule has 1 aliphatic heterocycles. The average molecular weight is 517 g/mol. The van der Waals surface area contributed by atoms with Crippen molar-refractivity contribution in [2.45, 2.75) is 19.8 Å². The third-order valence-corrected chi connectivity index (χ3v) is 6.10. The number of para-hydroxylation sites is 2. The fourth-order valence-corrected chi connectivity index (χ4v) is 4.56. The van der Waals surface area contributed by atoms with Crippen LogP contribution in [0.4, 0.5) is 0 Å². The van der Waals surface area contributed by atoms with Gasteiger partial charge in [0.05, 0.1) is 53.4 Å². The molecule has 3 N–H and O–H groups in total. The van der Waals surface area contributed by atoms with Crippen molar-refractivity contribution in [2.24, 2.45) is 5.73 Å². The lowest BCUT2D eigenvalue weighted by molar-refractivity contribution is -0.139. The van der Waals surface area contributed by atoms with E-state index in [1.54, 1.807) is 56.3 Å². The predicted molar refractivity (Wildman–Crippen MR) is 142 cm³/mol. The predicted octanol–water partition coefficient (Wildman–Crippen LogP) is 2.88. The van der Waals surface area contributed by atoms with E-state index in [9.17, 15) is 14.4 Å². The van der Waals surface area contributed by atoms with E-state index >= 15 is 0 Å². The molecule has 0 saturated heterocycles. The fourth-order valence-electron chi connectivity index (χ4n) is 4.56. The summed E-state index contributed by atoms with van der Waals surface area (Å²) in [6.07, 6.45) is 5.32. The van der Waals surface area contributed by atoms with Crippen LogP contribution in [0.1, 0.15) is 25.3 Å². The summed E-state index contributed by atoms with van der Waals surface area (Å²) in [5.41, 5.74) is 7.46. The maximum absolute atomic E-state index is 13.4. The van der Waals surface area contributed by atoms with Crippen molar-refractivity contribution in [1.29, 1.82) is 0 Å². The van der Waals surface area contributed by atoms with E-state index in [0.29, 0.717) is 33.3 Å². The van der Waals surface area contributed by atoms with Crippen LogP contribution in [-0.4, -0.2) is 44.9 Å². The minimum absolute atomic E-state index is 0.00349. The van der Waals surface area contributed by atoms with Crippen LogP contribution in [0.5, 0.6) is 0 Å². The number of hydrogen-bond donors (Lipinski definition) is 2. The zero-order chi connectivity index (χ0) is 27.2. The molecule has 0 bridgehead atoms. The summed E-state index contributed by atoms with van der Waals surface area (Å²) in [6.45, 7) is 3.74. The molecule has 0 fully saturated rings. The van der Waals surface area contributed by atoms with Crippen molar-refractivity contribution in [3.05, 3.63) is 80.8 Å². The van der Waals surface area contributed by atoms with Crippen LogP contribution in [0.3, 0.4) is 0 Å². The Kier molecular flexibility index (Phi) is 8.26. The maximum atomic E-state index is 13.4. The lowest BCUT2D eigenvalue weighted by atomic mass is 9.79. The number of dihydropyridines is 1. The van der Waals surface area contributed by atoms with E-state index < -0.39 is 17.9 Å². The Hall–Kier alpha value is -4.39. The molecule has 38 heavy (non-hydrogen) atoms. The molecule has 0 aliphatic carbocycles. The molecule has 2 heterocycles. The Labute approximate surface area is 219 Å². The van der Waals surface area contributed by atoms with Gasteiger partial charge in [0, 0.05) is 17.8 Å². The van der Waals surface area contributed by atoms with E-state index in [-0.39, 0.29) is 55.1 Å². The average Bonchev–Trinajstić information content (AvgIpc) is 2.91. The van der Waals surface area contributed by atoms with E-state index in [0.717, 1.165) is 0 Å². The van der Waals surface area contributed by atoms with Gasteiger partial charge in [-0.2, -0.15) is 0 Å². The molecular formula is C29H28N2O7. The highest BCUT2D eigenvalue weighted by Crippen LogP contribution is 2.42. The Morgan fingerprint density at radius 3 is 2.55 bits per heavy atom. The number of terminal acetylenes is 1. The quantitative estimate of drug-likeness (QED) is 0.191. The van der Waals surface area contributed by atoms with Crippen LogP contribution in [0.25, 0.3) is 21.9 Å². The normalized spacial score (nSPS) is 15.4. The van der Waals surface area contributed by atoms with Crippen molar-refractivity contribution in [1.82, 2.24) is 5.32 Å². The van der Waals surface area contributed by atoms with E-state index in [1.807, 2.05) is 0 Å². The third kappa shape index (κ3) is 5.05. The zero-order valence-electron chi connectivity index (χ0n) is 21.2. The molecule has 4 rings (SSSR count). The maximum Gasteiger partial charge on any atom is 0.337 e. The standard InChI is InChI=1S/C29H28N2O7/c1-4-14-37-28(33)23-17(3)31-21(16-35-15-13-30)25(29(34)36-5-2)24(23)19-10-8-11-20-26(32)18-9-6-7-12-22(18)38-27(19)20/h1,6-12,24,31H,5,13-16,30H2,2-3H3. The summed E-state index contributed by atoms with van der Waals surface area (Å²) in [5, 5.41) is 3.83. The zero-order valence-corrected chi connectivity index (χ0v) is 21.2. The first-order chi connectivity index (χ1) is 18.4. The number of allylic oxidation sites excluding steroid dienone is 1. The van der Waals surface area contributed by atoms with Crippen LogP contribution in [-0.2, 0) is 23.8 Å². The smallest absolute Gasteiger partial charge is 0.337 e. The molecule has 0 spiro atoms. The summed E-state index contributed by atoms with van der Waals surface area (Å²) in [4.78, 5) is 40.1. The lowest BCUT2D eigenvalue weighted by Crippen LogP contribution is -2.35. The monoisotopic (exact) mass is 516 g/mol. The molecule has 2 aromatic carbocycles. The molecule has 1 unspecified atom stereocenters. The first-order valence-electron chi connectivity index (χ1n) is 12.1. The molecule has 9 heteroatoms. The van der Waals surface area contributed by atoms with Crippen LogP contribution in [0, 0.1) is 12.3 Å². The number of nitrogens with two attached hydrogens (primary N) is 1. The first-order valence-corrected chi connectivity index (χ1v) is 12.1. The summed E-state index contributed by atoms with van der Waals surface area (Å²) < 4.78 is 22.6. The van der Waals surface area contributed by atoms with Crippen molar-refractivity contribution in [3.8, 4) is 12.3 Å². The molecule has 196 valence electrons. The lowest BCUT2D eigenvalue weighted by Gasteiger charge is -2.31. The van der Waals surface area contributed by atoms with Gasteiger partial charge in [-0.3, -0.25) is 4.79 Å². The van der Waals surface area contributed by atoms with Crippen LogP contribution in [0.2, 0.25) is 0 Å². The third-order valence-electron chi connectivity index (χ3n) is 6.10. The van der Waals surface area contributed by atoms with Gasteiger partial charge in [0.15, 0.2) is 6.61 Å². The first kappa shape index (κ1) is 26.7. The number of carbonyl (C=O) groups excluding carboxylic acids is 2. The van der Waals surface area contributed by atoms with Crippen molar-refractivity contribution < 1.29 is 28.2 Å². The van der Waals surface area contributed by atoms with Gasteiger partial charge in [-0.1, -0.05) is 30.2 Å². The molecular weight excluding hydrogens is 488 g/mol. The second kappa shape index (κ2) is 11.8. The summed E-state index contributed by atoms with van der Waals surface area (Å²) in [6, 6.07) is 11.9. The van der Waals surface area contributed by atoms with Gasteiger partial charge in [-0.25, -0.2) is 9.59 Å². The minimum atomic E-state index is -1.01. The van der Waals surface area contributed by atoms with E-state index in [1.165, 1.54) is 0 Å². The number of hydrogen-bond acceptors (Lipinski definition) is 9. The summed E-state index contributed by atoms with van der Waals surface area (Å²) in [5.74, 6) is -0.110. The summed E-state index contributed by atoms with van der Waals surface area (Å²) in [7, 11) is 0. The van der Waals surface area contributed by atoms with Crippen molar-refractivity contribution >= 4 is 33.9 Å². The molecule has 3 aromatic rings. The molecule has 1 aromatic heterocycles. The molecule has 9 nitrogen and oxygen atoms in total. The van der Waals surface area contributed by atoms with E-state index in [2.05, 4.69) is 11.2 Å². The van der Waals surface area contributed by atoms with Crippen molar-refractivity contribution in [2.75, 3.05) is 33.0 Å². The SMILES string of the molecule is C#CCOC(=O)C1=C(C)NC(COCCN)=C(C(=O)OCC)C1c1cccc2c(=O)c3ccccc3oc12. The Morgan fingerprint density at radius 1 is 1.08 bits per heavy atom. The topological polar surface area (TPSA) is 130 Å². The Morgan fingerprint density at radius 2 is 1.82 bits per heavy atom. The minimum Gasteiger partial charge on any atom is -0.463 e. The number of rotatable bonds is 9. The molecule has 1 aliphatic rings. The number of fused-ring (bicyclic) bond motifs is 2. The van der Waals surface area contributed by atoms with Gasteiger partial charge in [0.1, 0.15) is 11.2 Å². The molecule has 0 saturated carbocycles. The van der Waals surface area contributed by atoms with Gasteiger partial charge in [-0.15, -0.1) is 6.42 Å². The van der Waals surface area contributed by atoms with Crippen molar-refractivity contribution in [3.63, 3.8) is 0 Å². The largest absolute Gasteiger partial charge is 0.463 e. The highest BCUT2D eigenvalue weighted by Gasteiger charge is 2.40. The van der Waals surface area contributed by atoms with Gasteiger partial charge in [0.2, 0.25) is 5.43 Å². The Balaban J connectivity index is 2.03. The van der Waals surface area contributed by atoms with Gasteiger partial charge in [0.25, 0.3) is 0 Å². The van der Waals surface area contributed by atoms with Gasteiger partial charge >= 0.3 is 11.9 Å². The molecule has 0 amide bonds.